The highest BCUT2D eigenvalue weighted by molar-refractivity contribution is 9.11. The van der Waals surface area contributed by atoms with Crippen LogP contribution in [0.4, 0.5) is 5.69 Å². The summed E-state index contributed by atoms with van der Waals surface area (Å²) in [5.41, 5.74) is -0.230. The molecule has 1 amide bonds. The van der Waals surface area contributed by atoms with E-state index in [1.807, 2.05) is 20.8 Å². The van der Waals surface area contributed by atoms with E-state index >= 15 is 0 Å². The number of anilines is 1. The maximum Gasteiger partial charge on any atom is 0.337 e. The number of halogens is 2. The van der Waals surface area contributed by atoms with E-state index in [1.54, 1.807) is 6.07 Å². The van der Waals surface area contributed by atoms with E-state index in [2.05, 4.69) is 37.2 Å². The van der Waals surface area contributed by atoms with Crippen molar-refractivity contribution in [2.75, 3.05) is 5.32 Å². The molecule has 0 fully saturated rings. The van der Waals surface area contributed by atoms with Crippen molar-refractivity contribution >= 4 is 49.4 Å². The third-order valence-electron chi connectivity index (χ3n) is 3.02. The summed E-state index contributed by atoms with van der Waals surface area (Å²) in [7, 11) is 0. The Morgan fingerprint density at radius 3 is 2.37 bits per heavy atom. The summed E-state index contributed by atoms with van der Waals surface area (Å²) >= 11 is 6.50. The van der Waals surface area contributed by atoms with Crippen LogP contribution in [0.1, 0.15) is 37.6 Å². The second-order valence-electron chi connectivity index (χ2n) is 4.81. The number of rotatable bonds is 4. The van der Waals surface area contributed by atoms with Crippen LogP contribution in [0, 0.1) is 5.41 Å². The predicted octanol–water partition coefficient (Wildman–Crippen LogP) is 4.28. The Bertz CT molecular complexity index is 527. The van der Waals surface area contributed by atoms with Crippen LogP contribution >= 0.6 is 31.9 Å². The summed E-state index contributed by atoms with van der Waals surface area (Å²) in [4.78, 5) is 23.4. The van der Waals surface area contributed by atoms with Gasteiger partial charge in [0.05, 0.1) is 11.3 Å². The SMILES string of the molecule is CCC(C)(C)C(=O)Nc1c(Br)cc(Br)cc1C(=O)O. The molecular weight excluding hydrogens is 378 g/mol. The van der Waals surface area contributed by atoms with Gasteiger partial charge in [0.15, 0.2) is 0 Å². The zero-order chi connectivity index (χ0) is 14.8. The van der Waals surface area contributed by atoms with Gasteiger partial charge in [-0.05, 0) is 34.5 Å². The van der Waals surface area contributed by atoms with Crippen molar-refractivity contribution in [2.45, 2.75) is 27.2 Å². The molecule has 0 aliphatic rings. The van der Waals surface area contributed by atoms with Crippen LogP contribution in [0.15, 0.2) is 21.1 Å². The molecule has 1 aromatic carbocycles. The van der Waals surface area contributed by atoms with Gasteiger partial charge < -0.3 is 10.4 Å². The number of benzene rings is 1. The lowest BCUT2D eigenvalue weighted by atomic mass is 9.89. The lowest BCUT2D eigenvalue weighted by Gasteiger charge is -2.22. The first-order chi connectivity index (χ1) is 8.69. The first kappa shape index (κ1) is 16.2. The zero-order valence-electron chi connectivity index (χ0n) is 10.9. The standard InChI is InChI=1S/C13H15Br2NO3/c1-4-13(2,3)12(19)16-10-8(11(17)18)5-7(14)6-9(10)15/h5-6H,4H2,1-3H3,(H,16,19)(H,17,18). The molecule has 19 heavy (non-hydrogen) atoms. The van der Waals surface area contributed by atoms with Crippen molar-refractivity contribution in [3.8, 4) is 0 Å². The van der Waals surface area contributed by atoms with E-state index in [0.717, 1.165) is 0 Å². The second-order valence-corrected chi connectivity index (χ2v) is 6.58. The summed E-state index contributed by atoms with van der Waals surface area (Å²) < 4.78 is 1.16. The van der Waals surface area contributed by atoms with Gasteiger partial charge in [-0.3, -0.25) is 4.79 Å². The molecule has 0 spiro atoms. The number of amides is 1. The van der Waals surface area contributed by atoms with Crippen LogP contribution < -0.4 is 5.32 Å². The van der Waals surface area contributed by atoms with Crippen molar-refractivity contribution in [2.24, 2.45) is 5.41 Å². The summed E-state index contributed by atoms with van der Waals surface area (Å²) in [6.07, 6.45) is 0.662. The van der Waals surface area contributed by atoms with Crippen LogP contribution in [0.2, 0.25) is 0 Å². The molecule has 4 nitrogen and oxygen atoms in total. The molecule has 6 heteroatoms. The highest BCUT2D eigenvalue weighted by Crippen LogP contribution is 2.32. The van der Waals surface area contributed by atoms with Gasteiger partial charge in [0.1, 0.15) is 0 Å². The van der Waals surface area contributed by atoms with Crippen molar-refractivity contribution in [3.63, 3.8) is 0 Å². The summed E-state index contributed by atoms with van der Waals surface area (Å²) in [6.45, 7) is 5.54. The van der Waals surface area contributed by atoms with E-state index in [9.17, 15) is 14.7 Å². The third kappa shape index (κ3) is 3.79. The molecule has 0 unspecified atom stereocenters. The summed E-state index contributed by atoms with van der Waals surface area (Å²) in [6, 6.07) is 3.16. The normalized spacial score (nSPS) is 11.2. The number of nitrogens with one attached hydrogen (secondary N) is 1. The number of aromatic carboxylic acids is 1. The Hall–Kier alpha value is -0.880. The van der Waals surface area contributed by atoms with E-state index < -0.39 is 11.4 Å². The number of carbonyl (C=O) groups is 2. The van der Waals surface area contributed by atoms with Gasteiger partial charge in [-0.2, -0.15) is 0 Å². The van der Waals surface area contributed by atoms with Crippen LogP contribution in [0.5, 0.6) is 0 Å². The number of hydrogen-bond donors (Lipinski definition) is 2. The fourth-order valence-corrected chi connectivity index (χ4v) is 2.64. The fourth-order valence-electron chi connectivity index (χ4n) is 1.31. The minimum Gasteiger partial charge on any atom is -0.478 e. The number of carboxylic acid groups (broad SMARTS) is 1. The Morgan fingerprint density at radius 2 is 1.89 bits per heavy atom. The van der Waals surface area contributed by atoms with Crippen molar-refractivity contribution in [1.82, 2.24) is 0 Å². The first-order valence-electron chi connectivity index (χ1n) is 5.73. The fraction of sp³-hybridized carbons (Fsp3) is 0.385. The maximum atomic E-state index is 12.1. The van der Waals surface area contributed by atoms with Gasteiger partial charge in [0.25, 0.3) is 0 Å². The van der Waals surface area contributed by atoms with Crippen LogP contribution in [-0.4, -0.2) is 17.0 Å². The Morgan fingerprint density at radius 1 is 1.32 bits per heavy atom. The van der Waals surface area contributed by atoms with E-state index in [-0.39, 0.29) is 17.2 Å². The third-order valence-corrected chi connectivity index (χ3v) is 4.11. The van der Waals surface area contributed by atoms with E-state index in [1.165, 1.54) is 6.07 Å². The Kier molecular flexibility index (Phi) is 5.15. The summed E-state index contributed by atoms with van der Waals surface area (Å²) in [5, 5.41) is 11.9. The van der Waals surface area contributed by atoms with Crippen molar-refractivity contribution < 1.29 is 14.7 Å². The molecule has 0 atom stereocenters. The molecule has 0 aliphatic heterocycles. The van der Waals surface area contributed by atoms with E-state index in [0.29, 0.717) is 15.4 Å². The van der Waals surface area contributed by atoms with E-state index in [4.69, 9.17) is 0 Å². The number of carbonyl (C=O) groups excluding carboxylic acids is 1. The highest BCUT2D eigenvalue weighted by Gasteiger charge is 2.27. The molecule has 0 heterocycles. The molecule has 0 saturated heterocycles. The molecule has 104 valence electrons. The molecule has 0 radical (unpaired) electrons. The molecule has 1 aromatic rings. The minimum absolute atomic E-state index is 0.0431. The average molecular weight is 393 g/mol. The Labute approximate surface area is 128 Å². The van der Waals surface area contributed by atoms with Gasteiger partial charge in [0, 0.05) is 14.4 Å². The number of hydrogen-bond acceptors (Lipinski definition) is 2. The number of carboxylic acids is 1. The first-order valence-corrected chi connectivity index (χ1v) is 7.31. The Balaban J connectivity index is 3.21. The van der Waals surface area contributed by atoms with Crippen LogP contribution in [0.3, 0.4) is 0 Å². The van der Waals surface area contributed by atoms with Crippen molar-refractivity contribution in [1.29, 1.82) is 0 Å². The van der Waals surface area contributed by atoms with Gasteiger partial charge in [-0.25, -0.2) is 4.79 Å². The second kappa shape index (κ2) is 6.05. The molecule has 1 rings (SSSR count). The lowest BCUT2D eigenvalue weighted by molar-refractivity contribution is -0.124. The minimum atomic E-state index is -1.09. The average Bonchev–Trinajstić information content (AvgIpc) is 2.31. The van der Waals surface area contributed by atoms with Gasteiger partial charge >= 0.3 is 5.97 Å². The molecule has 0 bridgehead atoms. The largest absolute Gasteiger partial charge is 0.478 e. The van der Waals surface area contributed by atoms with Gasteiger partial charge in [0.2, 0.25) is 5.91 Å². The van der Waals surface area contributed by atoms with Gasteiger partial charge in [-0.15, -0.1) is 0 Å². The topological polar surface area (TPSA) is 66.4 Å². The summed E-state index contributed by atoms with van der Waals surface area (Å²) in [5.74, 6) is -1.30. The monoisotopic (exact) mass is 391 g/mol. The van der Waals surface area contributed by atoms with Crippen molar-refractivity contribution in [3.05, 3.63) is 26.6 Å². The molecule has 0 aliphatic carbocycles. The molecule has 0 aromatic heterocycles. The quantitative estimate of drug-likeness (QED) is 0.803. The van der Waals surface area contributed by atoms with Crippen LogP contribution in [-0.2, 0) is 4.79 Å². The van der Waals surface area contributed by atoms with Crippen LogP contribution in [0.25, 0.3) is 0 Å². The zero-order valence-corrected chi connectivity index (χ0v) is 14.1. The highest BCUT2D eigenvalue weighted by atomic mass is 79.9. The lowest BCUT2D eigenvalue weighted by Crippen LogP contribution is -2.30. The van der Waals surface area contributed by atoms with Gasteiger partial charge in [-0.1, -0.05) is 36.7 Å². The molecule has 0 saturated carbocycles. The maximum absolute atomic E-state index is 12.1. The molecular formula is C13H15Br2NO3. The smallest absolute Gasteiger partial charge is 0.337 e. The predicted molar refractivity (Wildman–Crippen MR) is 81.5 cm³/mol. The molecule has 2 N–H and O–H groups in total.